The van der Waals surface area contributed by atoms with Crippen LogP contribution in [0.5, 0.6) is 0 Å². The van der Waals surface area contributed by atoms with E-state index in [1.54, 1.807) is 0 Å². The Balaban J connectivity index is 0. The molecule has 0 aromatic rings. The van der Waals surface area contributed by atoms with Crippen molar-refractivity contribution in [1.29, 1.82) is 0 Å². The molecule has 0 fully saturated rings. The van der Waals surface area contributed by atoms with Crippen molar-refractivity contribution in [3.8, 4) is 0 Å². The standard InChI is InChI=1S/Mg.Sn.Y.Zr.4H. The largest absolute Gasteiger partial charge is 0 e. The predicted octanol–water partition coefficient (Wildman–Crippen LogP) is -1.84. The summed E-state index contributed by atoms with van der Waals surface area (Å²) >= 11 is 0. The van der Waals surface area contributed by atoms with Crippen molar-refractivity contribution in [2.24, 2.45) is 0 Å². The summed E-state index contributed by atoms with van der Waals surface area (Å²) in [6.45, 7) is 0. The normalized spacial score (nSPS) is 0. The van der Waals surface area contributed by atoms with Crippen LogP contribution in [-0.4, -0.2) is 47.0 Å². The summed E-state index contributed by atoms with van der Waals surface area (Å²) in [5.41, 5.74) is 0. The molecule has 4 heavy (non-hydrogen) atoms. The first-order valence-corrected chi connectivity index (χ1v) is 0. The van der Waals surface area contributed by atoms with Crippen molar-refractivity contribution >= 4 is 47.0 Å². The van der Waals surface area contributed by atoms with Gasteiger partial charge in [0.1, 0.15) is 0 Å². The monoisotopic (exact) mass is 327 g/mol. The molecule has 0 aliphatic heterocycles. The fraction of sp³-hybridized carbons (Fsp3) is 0. The van der Waals surface area contributed by atoms with Crippen LogP contribution in [0.25, 0.3) is 0 Å². The smallest absolute Gasteiger partial charge is 0 e. The van der Waals surface area contributed by atoms with E-state index in [-0.39, 0.29) is 106 Å². The van der Waals surface area contributed by atoms with E-state index >= 15 is 0 Å². The molecule has 0 aliphatic rings. The first-order valence-electron chi connectivity index (χ1n) is 0. The molecule has 0 aromatic heterocycles. The second-order valence-corrected chi connectivity index (χ2v) is 0. The Morgan fingerprint density at radius 2 is 1.00 bits per heavy atom. The van der Waals surface area contributed by atoms with Crippen LogP contribution in [0.4, 0.5) is 0 Å². The Morgan fingerprint density at radius 1 is 1.00 bits per heavy atom. The van der Waals surface area contributed by atoms with Gasteiger partial charge in [0.15, 0.2) is 0 Å². The summed E-state index contributed by atoms with van der Waals surface area (Å²) in [5.74, 6) is 0. The van der Waals surface area contributed by atoms with Gasteiger partial charge in [-0.1, -0.05) is 0 Å². The van der Waals surface area contributed by atoms with Gasteiger partial charge in [0.25, 0.3) is 0 Å². The molecule has 0 rings (SSSR count). The molecule has 0 unspecified atom stereocenters. The van der Waals surface area contributed by atoms with E-state index in [0.29, 0.717) is 0 Å². The second-order valence-electron chi connectivity index (χ2n) is 0. The minimum absolute atomic E-state index is 0. The summed E-state index contributed by atoms with van der Waals surface area (Å²) in [4.78, 5) is 0. The minimum Gasteiger partial charge on any atom is 0 e. The molecule has 0 saturated carbocycles. The molecular weight excluding hydrogens is 323 g/mol. The van der Waals surface area contributed by atoms with Crippen molar-refractivity contribution < 1.29 is 58.9 Å². The Hall–Kier alpha value is 3.55. The maximum absolute atomic E-state index is 0. The maximum Gasteiger partial charge on any atom is 0 e. The average Bonchev–Trinajstić information content (AvgIpc) is 0. The van der Waals surface area contributed by atoms with Gasteiger partial charge >= 0.3 is 47.0 Å². The van der Waals surface area contributed by atoms with Gasteiger partial charge in [-0.3, -0.25) is 0 Å². The Kier molecular flexibility index (Phi) is 103. The van der Waals surface area contributed by atoms with Gasteiger partial charge in [-0.25, -0.2) is 0 Å². The molecule has 0 heterocycles. The zero-order valence-electron chi connectivity index (χ0n) is 1.78. The third-order valence-corrected chi connectivity index (χ3v) is 0. The van der Waals surface area contributed by atoms with Crippen molar-refractivity contribution in [2.75, 3.05) is 0 Å². The topological polar surface area (TPSA) is 0 Å². The number of hydrogen-bond donors (Lipinski definition) is 0. The molecular formula is H4MgSnYZr. The zero-order chi connectivity index (χ0) is 0. The molecule has 0 nitrogen and oxygen atoms in total. The number of hydrogen-bond acceptors (Lipinski definition) is 0. The Labute approximate surface area is 103 Å². The van der Waals surface area contributed by atoms with E-state index in [1.807, 2.05) is 0 Å². The van der Waals surface area contributed by atoms with Gasteiger partial charge in [0.2, 0.25) is 0 Å². The first-order chi connectivity index (χ1) is 0. The molecule has 0 N–H and O–H groups in total. The van der Waals surface area contributed by atoms with E-state index in [0.717, 1.165) is 0 Å². The maximum atomic E-state index is 0. The predicted molar refractivity (Wildman–Crippen MR) is 17.1 cm³/mol. The van der Waals surface area contributed by atoms with Crippen molar-refractivity contribution in [1.82, 2.24) is 0 Å². The van der Waals surface area contributed by atoms with Crippen LogP contribution in [0.1, 0.15) is 0 Å². The molecule has 0 spiro atoms. The summed E-state index contributed by atoms with van der Waals surface area (Å²) in [7, 11) is 0. The van der Waals surface area contributed by atoms with Crippen LogP contribution < -0.4 is 0 Å². The van der Waals surface area contributed by atoms with Crippen molar-refractivity contribution in [3.63, 3.8) is 0 Å². The van der Waals surface area contributed by atoms with Crippen LogP contribution in [0, 0.1) is 0 Å². The van der Waals surface area contributed by atoms with E-state index in [4.69, 9.17) is 0 Å². The molecule has 3 radical (unpaired) electrons. The molecule has 0 atom stereocenters. The van der Waals surface area contributed by atoms with E-state index < -0.39 is 0 Å². The molecule has 17 valence electrons. The molecule has 0 aromatic carbocycles. The fourth-order valence-corrected chi connectivity index (χ4v) is 0. The third kappa shape index (κ3) is 9.12. The third-order valence-electron chi connectivity index (χ3n) is 0. The van der Waals surface area contributed by atoms with Gasteiger partial charge < -0.3 is 0 Å². The van der Waals surface area contributed by atoms with Crippen LogP contribution in [-0.2, 0) is 58.9 Å². The molecule has 0 amide bonds. The molecule has 0 bridgehead atoms. The van der Waals surface area contributed by atoms with E-state index in [1.165, 1.54) is 0 Å². The summed E-state index contributed by atoms with van der Waals surface area (Å²) in [6.07, 6.45) is 0. The van der Waals surface area contributed by atoms with E-state index in [9.17, 15) is 0 Å². The molecule has 0 saturated heterocycles. The van der Waals surface area contributed by atoms with Gasteiger partial charge in [-0.05, 0) is 0 Å². The summed E-state index contributed by atoms with van der Waals surface area (Å²) in [5, 5.41) is 0. The van der Waals surface area contributed by atoms with Crippen molar-refractivity contribution in [3.05, 3.63) is 0 Å². The Morgan fingerprint density at radius 3 is 1.00 bits per heavy atom. The first kappa shape index (κ1) is 25.7. The van der Waals surface area contributed by atoms with Crippen LogP contribution >= 0.6 is 0 Å². The summed E-state index contributed by atoms with van der Waals surface area (Å²) < 4.78 is 0. The van der Waals surface area contributed by atoms with Gasteiger partial charge in [-0.2, -0.15) is 0 Å². The Bertz CT molecular complexity index is 8.00. The van der Waals surface area contributed by atoms with Crippen LogP contribution in [0.15, 0.2) is 0 Å². The second kappa shape index (κ2) is 16.0. The zero-order valence-corrected chi connectivity index (χ0v) is 11.1. The SMILES string of the molecule is [MgH2].[SnH2].[Y].[Zr]. The molecule has 4 heteroatoms. The fourth-order valence-electron chi connectivity index (χ4n) is 0. The van der Waals surface area contributed by atoms with Gasteiger partial charge in [-0.15, -0.1) is 0 Å². The average molecular weight is 327 g/mol. The summed E-state index contributed by atoms with van der Waals surface area (Å²) in [6, 6.07) is 0. The van der Waals surface area contributed by atoms with Crippen LogP contribution in [0.3, 0.4) is 0 Å². The minimum atomic E-state index is 0. The van der Waals surface area contributed by atoms with Gasteiger partial charge in [0, 0.05) is 58.9 Å². The van der Waals surface area contributed by atoms with Crippen molar-refractivity contribution in [2.45, 2.75) is 0 Å². The van der Waals surface area contributed by atoms with Crippen LogP contribution in [0.2, 0.25) is 0 Å². The molecule has 0 aliphatic carbocycles. The van der Waals surface area contributed by atoms with E-state index in [2.05, 4.69) is 0 Å². The van der Waals surface area contributed by atoms with Gasteiger partial charge in [0.05, 0.1) is 0 Å². The quantitative estimate of drug-likeness (QED) is 0.459. The number of rotatable bonds is 0.